The largest absolute Gasteiger partial charge is 0.308 e. The van der Waals surface area contributed by atoms with Crippen LogP contribution in [-0.2, 0) is 10.3 Å². The summed E-state index contributed by atoms with van der Waals surface area (Å²) in [7, 11) is 2.12. The average molecular weight is 577 g/mol. The molecule has 7 rings (SSSR count). The number of nitrogens with one attached hydrogen (secondary N) is 1. The second-order valence-electron chi connectivity index (χ2n) is 11.7. The summed E-state index contributed by atoms with van der Waals surface area (Å²) >= 11 is 0. The molecule has 1 fully saturated rings. The summed E-state index contributed by atoms with van der Waals surface area (Å²) in [5.74, 6) is 0.596. The average Bonchev–Trinajstić information content (AvgIpc) is 3.44. The molecule has 0 spiro atoms. The number of rotatable bonds is 7. The van der Waals surface area contributed by atoms with Crippen LogP contribution in [0.5, 0.6) is 0 Å². The van der Waals surface area contributed by atoms with Gasteiger partial charge in [0.15, 0.2) is 5.82 Å². The normalized spacial score (nSPS) is 14.5. The van der Waals surface area contributed by atoms with Gasteiger partial charge in [-0.2, -0.15) is 5.10 Å². The molecule has 218 valence electrons. The zero-order valence-corrected chi connectivity index (χ0v) is 24.9. The van der Waals surface area contributed by atoms with Crippen LogP contribution in [0.3, 0.4) is 0 Å². The maximum atomic E-state index is 13.8. The number of anilines is 1. The molecule has 1 aliphatic heterocycles. The molecule has 5 aromatic carbocycles. The first-order valence-corrected chi connectivity index (χ1v) is 15.4. The first-order chi connectivity index (χ1) is 21.6. The number of fused-ring (bicyclic) bond motifs is 1. The number of piperidine rings is 1. The van der Waals surface area contributed by atoms with Gasteiger partial charge in [0.2, 0.25) is 5.91 Å². The summed E-state index contributed by atoms with van der Waals surface area (Å²) in [6.45, 7) is 1.84. The van der Waals surface area contributed by atoms with Gasteiger partial charge in [0.1, 0.15) is 5.54 Å². The topological polar surface area (TPSA) is 50.2 Å². The number of nitrogens with zero attached hydrogens (tertiary/aromatic N) is 3. The summed E-state index contributed by atoms with van der Waals surface area (Å²) < 4.78 is 2.13. The zero-order chi connectivity index (χ0) is 29.9. The Hall–Kier alpha value is -5.00. The minimum atomic E-state index is -0.799. The molecule has 44 heavy (non-hydrogen) atoms. The van der Waals surface area contributed by atoms with Gasteiger partial charge in [-0.05, 0) is 72.9 Å². The van der Waals surface area contributed by atoms with Crippen molar-refractivity contribution in [2.75, 3.05) is 25.5 Å². The van der Waals surface area contributed by atoms with Gasteiger partial charge in [-0.25, -0.2) is 4.68 Å². The molecule has 2 heterocycles. The first-order valence-electron chi connectivity index (χ1n) is 15.4. The summed E-state index contributed by atoms with van der Waals surface area (Å²) in [5.41, 5.74) is 5.60. The molecule has 5 nitrogen and oxygen atoms in total. The number of hydrogen-bond donors (Lipinski definition) is 1. The molecule has 5 heteroatoms. The van der Waals surface area contributed by atoms with Gasteiger partial charge < -0.3 is 10.2 Å². The number of benzene rings is 5. The van der Waals surface area contributed by atoms with Crippen molar-refractivity contribution in [1.29, 1.82) is 0 Å². The van der Waals surface area contributed by atoms with Crippen LogP contribution in [0.2, 0.25) is 0 Å². The van der Waals surface area contributed by atoms with Gasteiger partial charge in [-0.15, -0.1) is 0 Å². The number of amides is 1. The molecular formula is C39H36N4O. The fourth-order valence-corrected chi connectivity index (χ4v) is 6.67. The van der Waals surface area contributed by atoms with E-state index in [2.05, 4.69) is 137 Å². The lowest BCUT2D eigenvalue weighted by molar-refractivity contribution is -0.121. The fourth-order valence-electron chi connectivity index (χ4n) is 6.67. The smallest absolute Gasteiger partial charge is 0.228 e. The second kappa shape index (κ2) is 11.9. The van der Waals surface area contributed by atoms with Crippen LogP contribution in [0.25, 0.3) is 22.0 Å². The highest BCUT2D eigenvalue weighted by atomic mass is 16.2. The van der Waals surface area contributed by atoms with Gasteiger partial charge in [-0.1, -0.05) is 127 Å². The summed E-state index contributed by atoms with van der Waals surface area (Å²) in [4.78, 5) is 16.0. The minimum absolute atomic E-state index is 0.0363. The molecule has 0 saturated carbocycles. The Morgan fingerprint density at radius 1 is 0.682 bits per heavy atom. The molecule has 1 N–H and O–H groups in total. The molecule has 0 aliphatic carbocycles. The van der Waals surface area contributed by atoms with Crippen LogP contribution in [0, 0.1) is 5.92 Å². The van der Waals surface area contributed by atoms with E-state index in [1.165, 1.54) is 0 Å². The highest BCUT2D eigenvalue weighted by Crippen LogP contribution is 2.44. The Bertz CT molecular complexity index is 1760. The van der Waals surface area contributed by atoms with E-state index in [1.807, 2.05) is 24.3 Å². The molecule has 0 bridgehead atoms. The van der Waals surface area contributed by atoms with Crippen molar-refractivity contribution in [2.45, 2.75) is 18.4 Å². The highest BCUT2D eigenvalue weighted by molar-refractivity contribution is 6.02. The summed E-state index contributed by atoms with van der Waals surface area (Å²) in [6, 6.07) is 48.5. The zero-order valence-electron chi connectivity index (χ0n) is 24.9. The van der Waals surface area contributed by atoms with E-state index in [4.69, 9.17) is 5.10 Å². The first kappa shape index (κ1) is 27.8. The van der Waals surface area contributed by atoms with Crippen molar-refractivity contribution < 1.29 is 4.79 Å². The maximum absolute atomic E-state index is 13.8. The third-order valence-electron chi connectivity index (χ3n) is 9.01. The Morgan fingerprint density at radius 2 is 1.18 bits per heavy atom. The molecule has 1 amide bonds. The van der Waals surface area contributed by atoms with Crippen molar-refractivity contribution in [3.8, 4) is 11.1 Å². The quantitative estimate of drug-likeness (QED) is 0.197. The lowest BCUT2D eigenvalue weighted by atomic mass is 9.77. The Kier molecular flexibility index (Phi) is 7.55. The third kappa shape index (κ3) is 4.99. The molecule has 1 aromatic heterocycles. The molecule has 0 unspecified atom stereocenters. The van der Waals surface area contributed by atoms with Crippen LogP contribution in [-0.4, -0.2) is 40.7 Å². The van der Waals surface area contributed by atoms with Gasteiger partial charge in [0.25, 0.3) is 0 Å². The monoisotopic (exact) mass is 576 g/mol. The summed E-state index contributed by atoms with van der Waals surface area (Å²) in [5, 5.41) is 9.57. The number of aromatic nitrogens is 2. The molecular weight excluding hydrogens is 540 g/mol. The van der Waals surface area contributed by atoms with Crippen LogP contribution < -0.4 is 5.32 Å². The lowest BCUT2D eigenvalue weighted by Crippen LogP contribution is -2.39. The van der Waals surface area contributed by atoms with E-state index in [9.17, 15) is 4.79 Å². The Morgan fingerprint density at radius 3 is 1.70 bits per heavy atom. The van der Waals surface area contributed by atoms with E-state index in [0.717, 1.165) is 64.7 Å². The predicted octanol–water partition coefficient (Wildman–Crippen LogP) is 7.82. The molecule has 0 radical (unpaired) electrons. The van der Waals surface area contributed by atoms with Crippen molar-refractivity contribution >= 4 is 22.6 Å². The van der Waals surface area contributed by atoms with Gasteiger partial charge in [0.05, 0.1) is 5.52 Å². The molecule has 0 atom stereocenters. The maximum Gasteiger partial charge on any atom is 0.228 e. The predicted molar refractivity (Wildman–Crippen MR) is 179 cm³/mol. The van der Waals surface area contributed by atoms with Crippen LogP contribution in [0.1, 0.15) is 29.5 Å². The van der Waals surface area contributed by atoms with Crippen molar-refractivity contribution in [2.24, 2.45) is 5.92 Å². The Labute approximate surface area is 258 Å². The number of hydrogen-bond acceptors (Lipinski definition) is 3. The van der Waals surface area contributed by atoms with E-state index in [-0.39, 0.29) is 11.8 Å². The fraction of sp³-hybridized carbons (Fsp3) is 0.179. The van der Waals surface area contributed by atoms with Gasteiger partial charge in [-0.3, -0.25) is 4.79 Å². The van der Waals surface area contributed by atoms with Crippen LogP contribution in [0.4, 0.5) is 5.82 Å². The van der Waals surface area contributed by atoms with Gasteiger partial charge in [0, 0.05) is 11.3 Å². The highest BCUT2D eigenvalue weighted by Gasteiger charge is 2.41. The SMILES string of the molecule is CN1CCC(C(=O)Nc2nn(C(c3ccccc3)(c3ccccc3)c3ccccc3)c3ccc(-c4ccccc4)cc23)CC1. The van der Waals surface area contributed by atoms with Crippen molar-refractivity contribution in [1.82, 2.24) is 14.7 Å². The Balaban J connectivity index is 1.49. The minimum Gasteiger partial charge on any atom is -0.308 e. The van der Waals surface area contributed by atoms with E-state index < -0.39 is 5.54 Å². The number of likely N-dealkylation sites (tertiary alicyclic amines) is 1. The van der Waals surface area contributed by atoms with E-state index in [1.54, 1.807) is 0 Å². The summed E-state index contributed by atoms with van der Waals surface area (Å²) in [6.07, 6.45) is 1.69. The number of carbonyl (C=O) groups excluding carboxylic acids is 1. The molecule has 1 aliphatic rings. The third-order valence-corrected chi connectivity index (χ3v) is 9.01. The standard InChI is InChI=1S/C39H36N4O/c1-42-26-24-30(25-27-42)38(44)40-37-35-28-31(29-14-6-2-7-15-29)22-23-36(35)43(41-37)39(32-16-8-3-9-17-32,33-18-10-4-11-19-33)34-20-12-5-13-21-34/h2-23,28,30H,24-27H2,1H3,(H,40,41,44). The number of carbonyl (C=O) groups is 1. The van der Waals surface area contributed by atoms with E-state index >= 15 is 0 Å². The van der Waals surface area contributed by atoms with Gasteiger partial charge >= 0.3 is 0 Å². The van der Waals surface area contributed by atoms with E-state index in [0.29, 0.717) is 5.82 Å². The second-order valence-corrected chi connectivity index (χ2v) is 11.7. The molecule has 6 aromatic rings. The van der Waals surface area contributed by atoms with Crippen LogP contribution in [0.15, 0.2) is 140 Å². The van der Waals surface area contributed by atoms with Crippen molar-refractivity contribution in [3.05, 3.63) is 156 Å². The molecule has 1 saturated heterocycles. The van der Waals surface area contributed by atoms with Crippen LogP contribution >= 0.6 is 0 Å². The van der Waals surface area contributed by atoms with Crippen molar-refractivity contribution in [3.63, 3.8) is 0 Å². The lowest BCUT2D eigenvalue weighted by Gasteiger charge is -2.37.